The third-order valence-electron chi connectivity index (χ3n) is 3.09. The van der Waals surface area contributed by atoms with E-state index in [-0.39, 0.29) is 22.9 Å². The molecule has 0 fully saturated rings. The van der Waals surface area contributed by atoms with E-state index >= 15 is 0 Å². The molecule has 0 saturated carbocycles. The molecule has 12 heteroatoms. The van der Waals surface area contributed by atoms with Crippen molar-refractivity contribution in [2.75, 3.05) is 5.32 Å². The maximum atomic E-state index is 12.6. The zero-order valence-electron chi connectivity index (χ0n) is 15.6. The van der Waals surface area contributed by atoms with E-state index in [0.29, 0.717) is 0 Å². The van der Waals surface area contributed by atoms with Crippen LogP contribution in [0.25, 0.3) is 0 Å². The highest BCUT2D eigenvalue weighted by atomic mass is 31.1. The molecule has 0 aliphatic rings. The summed E-state index contributed by atoms with van der Waals surface area (Å²) in [6.07, 6.45) is -4.42. The van der Waals surface area contributed by atoms with Gasteiger partial charge in [-0.2, -0.15) is 13.2 Å². The number of alkyl halides is 3. The first-order chi connectivity index (χ1) is 13.2. The molecule has 3 N–H and O–H groups in total. The van der Waals surface area contributed by atoms with Crippen LogP contribution < -0.4 is 10.1 Å². The highest BCUT2D eigenvalue weighted by Gasteiger charge is 2.30. The minimum absolute atomic E-state index is 0.116. The van der Waals surface area contributed by atoms with Gasteiger partial charge in [0, 0.05) is 17.7 Å². The van der Waals surface area contributed by atoms with Crippen molar-refractivity contribution in [3.63, 3.8) is 0 Å². The van der Waals surface area contributed by atoms with Crippen molar-refractivity contribution in [3.8, 4) is 11.5 Å². The number of benzene rings is 2. The van der Waals surface area contributed by atoms with Crippen molar-refractivity contribution >= 4 is 19.6 Å². The van der Waals surface area contributed by atoms with E-state index in [0.717, 1.165) is 12.1 Å². The van der Waals surface area contributed by atoms with E-state index in [1.807, 2.05) is 20.8 Å². The molecule has 0 amide bonds. The molecule has 8 nitrogen and oxygen atoms in total. The van der Waals surface area contributed by atoms with Gasteiger partial charge in [0.05, 0.1) is 10.5 Å². The summed E-state index contributed by atoms with van der Waals surface area (Å²) < 4.78 is 51.9. The van der Waals surface area contributed by atoms with E-state index in [1.165, 1.54) is 30.3 Å². The Morgan fingerprint density at radius 1 is 1.03 bits per heavy atom. The molecule has 160 valence electrons. The first kappa shape index (κ1) is 24.4. The number of hydrogen-bond acceptors (Lipinski definition) is 5. The van der Waals surface area contributed by atoms with Gasteiger partial charge >= 0.3 is 14.4 Å². The lowest BCUT2D eigenvalue weighted by molar-refractivity contribution is -0.384. The Hall–Kier alpha value is -2.62. The van der Waals surface area contributed by atoms with Crippen molar-refractivity contribution < 1.29 is 37.2 Å². The lowest BCUT2D eigenvalue weighted by Crippen LogP contribution is -2.26. The largest absolute Gasteiger partial charge is 0.457 e. The molecule has 0 spiro atoms. The van der Waals surface area contributed by atoms with E-state index < -0.39 is 30.5 Å². The fourth-order valence-corrected chi connectivity index (χ4v) is 2.09. The highest BCUT2D eigenvalue weighted by Crippen LogP contribution is 2.34. The van der Waals surface area contributed by atoms with Gasteiger partial charge in [-0.1, -0.05) is 0 Å². The quantitative estimate of drug-likeness (QED) is 0.351. The van der Waals surface area contributed by atoms with E-state index in [9.17, 15) is 23.3 Å². The number of hydrogen-bond donors (Lipinski definition) is 3. The third-order valence-corrected chi connectivity index (χ3v) is 3.09. The molecule has 0 heterocycles. The number of nitro groups is 1. The fourth-order valence-electron chi connectivity index (χ4n) is 2.09. The molecule has 0 saturated heterocycles. The smallest absolute Gasteiger partial charge is 0.416 e. The minimum atomic E-state index is -4.42. The summed E-state index contributed by atoms with van der Waals surface area (Å²) in [7, 11) is -3.13. The number of ether oxygens (including phenoxy) is 1. The molecule has 0 atom stereocenters. The van der Waals surface area contributed by atoms with Gasteiger partial charge in [0.2, 0.25) is 0 Å². The van der Waals surface area contributed by atoms with E-state index in [2.05, 4.69) is 5.32 Å². The summed E-state index contributed by atoms with van der Waals surface area (Å²) in [6, 6.07) is 8.34. The van der Waals surface area contributed by atoms with Crippen molar-refractivity contribution in [1.82, 2.24) is 0 Å². The molecule has 29 heavy (non-hydrogen) atoms. The monoisotopic (exact) mass is 436 g/mol. The van der Waals surface area contributed by atoms with Crippen LogP contribution in [0.1, 0.15) is 26.3 Å². The maximum absolute atomic E-state index is 12.6. The molecule has 2 rings (SSSR count). The van der Waals surface area contributed by atoms with Crippen molar-refractivity contribution in [1.29, 1.82) is 0 Å². The molecule has 0 radical (unpaired) electrons. The van der Waals surface area contributed by atoms with E-state index in [4.69, 9.17) is 19.1 Å². The van der Waals surface area contributed by atoms with Gasteiger partial charge in [0.15, 0.2) is 0 Å². The molecule has 0 aromatic heterocycles. The molecule has 2 aromatic carbocycles. The van der Waals surface area contributed by atoms with Crippen LogP contribution in [0.2, 0.25) is 0 Å². The summed E-state index contributed by atoms with van der Waals surface area (Å²) in [5.41, 5.74) is -1.05. The first-order valence-corrected chi connectivity index (χ1v) is 9.33. The van der Waals surface area contributed by atoms with Gasteiger partial charge in [0.1, 0.15) is 17.2 Å². The van der Waals surface area contributed by atoms with Gasteiger partial charge in [-0.3, -0.25) is 14.7 Å². The summed E-state index contributed by atoms with van der Waals surface area (Å²) in [6.45, 7) is 5.54. The van der Waals surface area contributed by atoms with Crippen LogP contribution in [0.3, 0.4) is 0 Å². The Kier molecular flexibility index (Phi) is 8.19. The van der Waals surface area contributed by atoms with Crippen LogP contribution in [-0.2, 0) is 10.7 Å². The van der Waals surface area contributed by atoms with Gasteiger partial charge in [0.25, 0.3) is 5.69 Å². The Balaban J connectivity index is 0.000000960. The minimum Gasteiger partial charge on any atom is -0.457 e. The number of rotatable bonds is 4. The van der Waals surface area contributed by atoms with Gasteiger partial charge in [-0.25, -0.2) is 0 Å². The molecule has 0 aliphatic heterocycles. The molecular weight excluding hydrogens is 416 g/mol. The van der Waals surface area contributed by atoms with Crippen molar-refractivity contribution in [2.45, 2.75) is 32.5 Å². The molecular formula is C17H20F3N2O6P. The zero-order valence-corrected chi connectivity index (χ0v) is 16.6. The molecule has 0 unspecified atom stereocenters. The van der Waals surface area contributed by atoms with Crippen LogP contribution in [0, 0.1) is 10.1 Å². The van der Waals surface area contributed by atoms with Gasteiger partial charge in [-0.05, 0) is 51.1 Å². The van der Waals surface area contributed by atoms with Crippen LogP contribution in [-0.4, -0.2) is 20.2 Å². The van der Waals surface area contributed by atoms with Crippen LogP contribution in [0.15, 0.2) is 42.5 Å². The summed E-state index contributed by atoms with van der Waals surface area (Å²) in [5.74, 6) is 0.473. The highest BCUT2D eigenvalue weighted by molar-refractivity contribution is 7.30. The van der Waals surface area contributed by atoms with Crippen LogP contribution in [0.5, 0.6) is 11.5 Å². The number of nitro benzene ring substituents is 1. The lowest BCUT2D eigenvalue weighted by atomic mass is 10.1. The first-order valence-electron chi connectivity index (χ1n) is 8.02. The second-order valence-electron chi connectivity index (χ2n) is 6.72. The molecule has 0 aliphatic carbocycles. The Bertz CT molecular complexity index is 863. The summed E-state index contributed by atoms with van der Waals surface area (Å²) in [4.78, 5) is 24.9. The SMILES string of the molecule is CC(C)(C)Nc1cc(Oc2ccc(C(F)(F)F)cc2)ccc1[N+](=O)[O-].O=[PH](O)O. The average Bonchev–Trinajstić information content (AvgIpc) is 2.52. The standard InChI is InChI=1S/C17H17F3N2O3.H3O3P/c1-16(2,3)21-14-10-13(8-9-15(14)22(23)24)25-12-6-4-11(5-7-12)17(18,19)20;1-4(2)3/h4-10,21H,1-3H3;4H,(H2,1,2,3). The van der Waals surface area contributed by atoms with Gasteiger partial charge < -0.3 is 19.8 Å². The number of nitrogens with one attached hydrogen (secondary N) is 1. The maximum Gasteiger partial charge on any atom is 0.416 e. The van der Waals surface area contributed by atoms with Crippen LogP contribution in [0.4, 0.5) is 24.5 Å². The third kappa shape index (κ3) is 8.95. The second kappa shape index (κ2) is 9.73. The Labute approximate surface area is 165 Å². The molecule has 2 aromatic rings. The normalized spacial score (nSPS) is 11.5. The fraction of sp³-hybridized carbons (Fsp3) is 0.294. The molecule has 0 bridgehead atoms. The lowest BCUT2D eigenvalue weighted by Gasteiger charge is -2.22. The van der Waals surface area contributed by atoms with E-state index in [1.54, 1.807) is 0 Å². The predicted octanol–water partition coefficient (Wildman–Crippen LogP) is 4.98. The number of anilines is 1. The zero-order chi connectivity index (χ0) is 22.4. The van der Waals surface area contributed by atoms with Crippen molar-refractivity contribution in [3.05, 3.63) is 58.1 Å². The topological polar surface area (TPSA) is 122 Å². The van der Waals surface area contributed by atoms with Crippen LogP contribution >= 0.6 is 8.25 Å². The predicted molar refractivity (Wildman–Crippen MR) is 101 cm³/mol. The van der Waals surface area contributed by atoms with Crippen molar-refractivity contribution in [2.24, 2.45) is 0 Å². The second-order valence-corrected chi connectivity index (χ2v) is 7.28. The number of nitrogens with zero attached hydrogens (tertiary/aromatic N) is 1. The summed E-state index contributed by atoms with van der Waals surface area (Å²) >= 11 is 0. The number of halogens is 3. The Morgan fingerprint density at radius 2 is 1.52 bits per heavy atom. The average molecular weight is 436 g/mol. The summed E-state index contributed by atoms with van der Waals surface area (Å²) in [5, 5.41) is 14.1. The van der Waals surface area contributed by atoms with Gasteiger partial charge in [-0.15, -0.1) is 0 Å². The Morgan fingerprint density at radius 3 is 1.93 bits per heavy atom.